The van der Waals surface area contributed by atoms with Crippen LogP contribution in [0.25, 0.3) is 11.3 Å². The topological polar surface area (TPSA) is 68.0 Å². The lowest BCUT2D eigenvalue weighted by Crippen LogP contribution is -2.23. The monoisotopic (exact) mass is 313 g/mol. The molecule has 112 valence electrons. The van der Waals surface area contributed by atoms with Crippen molar-refractivity contribution < 1.29 is 9.32 Å². The van der Waals surface area contributed by atoms with Crippen LogP contribution in [0.1, 0.15) is 26.8 Å². The highest BCUT2D eigenvalue weighted by Crippen LogP contribution is 2.20. The van der Waals surface area contributed by atoms with Crippen molar-refractivity contribution in [3.05, 3.63) is 57.7 Å². The number of hydrogen-bond donors (Lipinski definition) is 1. The van der Waals surface area contributed by atoms with Crippen molar-refractivity contribution in [3.8, 4) is 11.3 Å². The van der Waals surface area contributed by atoms with E-state index in [0.29, 0.717) is 23.7 Å². The lowest BCUT2D eigenvalue weighted by molar-refractivity contribution is 0.0945. The summed E-state index contributed by atoms with van der Waals surface area (Å²) in [5.41, 5.74) is 3.26. The van der Waals surface area contributed by atoms with E-state index in [0.717, 1.165) is 10.6 Å². The summed E-state index contributed by atoms with van der Waals surface area (Å²) in [4.78, 5) is 16.1. The third-order valence-corrected chi connectivity index (χ3v) is 3.95. The first-order valence-corrected chi connectivity index (χ1v) is 7.73. The molecule has 0 aliphatic carbocycles. The van der Waals surface area contributed by atoms with Crippen molar-refractivity contribution in [2.45, 2.75) is 20.4 Å². The summed E-state index contributed by atoms with van der Waals surface area (Å²) >= 11 is 1.45. The molecule has 0 unspecified atom stereocenters. The molecule has 1 N–H and O–H groups in total. The van der Waals surface area contributed by atoms with Gasteiger partial charge < -0.3 is 9.84 Å². The van der Waals surface area contributed by atoms with E-state index in [1.54, 1.807) is 5.38 Å². The zero-order chi connectivity index (χ0) is 15.5. The molecule has 3 aromatic rings. The van der Waals surface area contributed by atoms with Crippen LogP contribution < -0.4 is 5.32 Å². The van der Waals surface area contributed by atoms with Gasteiger partial charge in [0.2, 0.25) is 0 Å². The highest BCUT2D eigenvalue weighted by atomic mass is 32.1. The summed E-state index contributed by atoms with van der Waals surface area (Å²) in [6.45, 7) is 4.21. The number of nitrogens with zero attached hydrogens (tertiary/aromatic N) is 2. The average molecular weight is 313 g/mol. The Morgan fingerprint density at radius 1 is 1.27 bits per heavy atom. The Hall–Kier alpha value is -2.47. The first kappa shape index (κ1) is 14.5. The smallest absolute Gasteiger partial charge is 0.271 e. The zero-order valence-corrected chi connectivity index (χ0v) is 13.1. The largest absolute Gasteiger partial charge is 0.356 e. The lowest BCUT2D eigenvalue weighted by Gasteiger charge is -1.98. The molecule has 0 saturated carbocycles. The first-order valence-electron chi connectivity index (χ1n) is 6.85. The summed E-state index contributed by atoms with van der Waals surface area (Å²) in [5, 5.41) is 9.37. The minimum absolute atomic E-state index is 0.204. The molecule has 1 aromatic carbocycles. The van der Waals surface area contributed by atoms with Crippen LogP contribution in [0, 0.1) is 13.8 Å². The predicted molar refractivity (Wildman–Crippen MR) is 84.7 cm³/mol. The molecule has 0 fully saturated rings. The van der Waals surface area contributed by atoms with Crippen molar-refractivity contribution in [2.24, 2.45) is 0 Å². The van der Waals surface area contributed by atoms with Crippen LogP contribution in [0.15, 0.2) is 40.2 Å². The molecule has 0 aliphatic rings. The van der Waals surface area contributed by atoms with Gasteiger partial charge in [0.25, 0.3) is 5.91 Å². The molecule has 0 aliphatic heterocycles. The summed E-state index contributed by atoms with van der Waals surface area (Å²) < 4.78 is 5.32. The summed E-state index contributed by atoms with van der Waals surface area (Å²) in [6.07, 6.45) is 0. The van der Waals surface area contributed by atoms with Gasteiger partial charge in [-0.05, 0) is 13.8 Å². The number of rotatable bonds is 4. The van der Waals surface area contributed by atoms with Crippen LogP contribution in [-0.2, 0) is 6.54 Å². The van der Waals surface area contributed by atoms with Gasteiger partial charge in [0.05, 0.1) is 11.6 Å². The van der Waals surface area contributed by atoms with E-state index in [4.69, 9.17) is 4.52 Å². The number of nitrogens with one attached hydrogen (secondary N) is 1. The van der Waals surface area contributed by atoms with Crippen molar-refractivity contribution >= 4 is 17.2 Å². The van der Waals surface area contributed by atoms with Gasteiger partial charge in [0.1, 0.15) is 11.4 Å². The van der Waals surface area contributed by atoms with Crippen LogP contribution in [0.5, 0.6) is 0 Å². The Morgan fingerprint density at radius 3 is 2.73 bits per heavy atom. The average Bonchev–Trinajstić information content (AvgIpc) is 3.15. The normalized spacial score (nSPS) is 10.6. The zero-order valence-electron chi connectivity index (χ0n) is 12.3. The SMILES string of the molecule is Cc1ccc(-c2cc(CNC(=O)c3csc(C)n3)no2)cc1. The lowest BCUT2D eigenvalue weighted by atomic mass is 10.1. The number of carbonyl (C=O) groups is 1. The number of thiazole rings is 1. The van der Waals surface area contributed by atoms with Crippen LogP contribution in [0.4, 0.5) is 0 Å². The molecular weight excluding hydrogens is 298 g/mol. The summed E-state index contributed by atoms with van der Waals surface area (Å²) in [7, 11) is 0. The molecule has 3 rings (SSSR count). The Bertz CT molecular complexity index is 790. The van der Waals surface area contributed by atoms with Crippen molar-refractivity contribution in [1.29, 1.82) is 0 Å². The van der Waals surface area contributed by atoms with Crippen LogP contribution in [0.2, 0.25) is 0 Å². The van der Waals surface area contributed by atoms with E-state index in [1.165, 1.54) is 16.9 Å². The van der Waals surface area contributed by atoms with Gasteiger partial charge in [-0.2, -0.15) is 0 Å². The molecule has 2 heterocycles. The Kier molecular flexibility index (Phi) is 4.02. The van der Waals surface area contributed by atoms with Gasteiger partial charge in [-0.25, -0.2) is 4.98 Å². The van der Waals surface area contributed by atoms with E-state index in [9.17, 15) is 4.79 Å². The number of aryl methyl sites for hydroxylation is 2. The summed E-state index contributed by atoms with van der Waals surface area (Å²) in [6, 6.07) is 9.83. The van der Waals surface area contributed by atoms with Crippen molar-refractivity contribution in [1.82, 2.24) is 15.5 Å². The summed E-state index contributed by atoms with van der Waals surface area (Å²) in [5.74, 6) is 0.484. The van der Waals surface area contributed by atoms with Crippen LogP contribution in [0.3, 0.4) is 0 Å². The maximum atomic E-state index is 11.9. The predicted octanol–water partition coefficient (Wildman–Crippen LogP) is 3.34. The molecule has 22 heavy (non-hydrogen) atoms. The van der Waals surface area contributed by atoms with Gasteiger partial charge in [-0.15, -0.1) is 11.3 Å². The molecule has 5 nitrogen and oxygen atoms in total. The minimum atomic E-state index is -0.204. The Labute approximate surface area is 132 Å². The van der Waals surface area contributed by atoms with Crippen molar-refractivity contribution in [2.75, 3.05) is 0 Å². The highest BCUT2D eigenvalue weighted by Gasteiger charge is 2.11. The molecule has 0 bridgehead atoms. The maximum Gasteiger partial charge on any atom is 0.271 e. The minimum Gasteiger partial charge on any atom is -0.356 e. The van der Waals surface area contributed by atoms with Gasteiger partial charge in [0, 0.05) is 17.0 Å². The number of carbonyl (C=O) groups excluding carboxylic acids is 1. The third kappa shape index (κ3) is 3.23. The van der Waals surface area contributed by atoms with Gasteiger partial charge in [-0.1, -0.05) is 35.0 Å². The van der Waals surface area contributed by atoms with Crippen LogP contribution in [-0.4, -0.2) is 16.0 Å². The molecule has 0 radical (unpaired) electrons. The van der Waals surface area contributed by atoms with Gasteiger partial charge >= 0.3 is 0 Å². The molecule has 0 saturated heterocycles. The van der Waals surface area contributed by atoms with E-state index >= 15 is 0 Å². The highest BCUT2D eigenvalue weighted by molar-refractivity contribution is 7.09. The van der Waals surface area contributed by atoms with E-state index in [-0.39, 0.29) is 5.91 Å². The first-order chi connectivity index (χ1) is 10.6. The maximum absolute atomic E-state index is 11.9. The fourth-order valence-corrected chi connectivity index (χ4v) is 2.57. The van der Waals surface area contributed by atoms with E-state index in [2.05, 4.69) is 15.5 Å². The third-order valence-electron chi connectivity index (χ3n) is 3.18. The second kappa shape index (κ2) is 6.11. The molecule has 0 atom stereocenters. The molecule has 0 spiro atoms. The molecule has 2 aromatic heterocycles. The number of hydrogen-bond acceptors (Lipinski definition) is 5. The number of amides is 1. The van der Waals surface area contributed by atoms with Crippen LogP contribution >= 0.6 is 11.3 Å². The number of benzene rings is 1. The van der Waals surface area contributed by atoms with Gasteiger partial charge in [-0.3, -0.25) is 4.79 Å². The van der Waals surface area contributed by atoms with E-state index in [1.807, 2.05) is 44.2 Å². The molecule has 6 heteroatoms. The quantitative estimate of drug-likeness (QED) is 0.802. The second-order valence-corrected chi connectivity index (χ2v) is 6.05. The van der Waals surface area contributed by atoms with E-state index < -0.39 is 0 Å². The fraction of sp³-hybridized carbons (Fsp3) is 0.188. The Morgan fingerprint density at radius 2 is 2.05 bits per heavy atom. The fourth-order valence-electron chi connectivity index (χ4n) is 1.98. The second-order valence-electron chi connectivity index (χ2n) is 4.98. The molecule has 1 amide bonds. The number of aromatic nitrogens is 2. The van der Waals surface area contributed by atoms with Crippen molar-refractivity contribution in [3.63, 3.8) is 0 Å². The molecular formula is C16H15N3O2S. The Balaban J connectivity index is 1.64. The standard InChI is InChI=1S/C16H15N3O2S/c1-10-3-5-12(6-4-10)15-7-13(19-21-15)8-17-16(20)14-9-22-11(2)18-14/h3-7,9H,8H2,1-2H3,(H,17,20). The van der Waals surface area contributed by atoms with Gasteiger partial charge in [0.15, 0.2) is 5.76 Å².